The van der Waals surface area contributed by atoms with Crippen molar-refractivity contribution in [3.8, 4) is 0 Å². The second-order valence-corrected chi connectivity index (χ2v) is 7.96. The molecular weight excluding hydrogens is 402 g/mol. The van der Waals surface area contributed by atoms with Crippen LogP contribution >= 0.6 is 11.6 Å². The first-order chi connectivity index (χ1) is 14.4. The van der Waals surface area contributed by atoms with E-state index in [4.69, 9.17) is 11.6 Å². The molecule has 1 atom stereocenters. The Morgan fingerprint density at radius 1 is 1.17 bits per heavy atom. The quantitative estimate of drug-likeness (QED) is 0.498. The number of allylic oxidation sites excluding steroid dienone is 3. The van der Waals surface area contributed by atoms with Crippen molar-refractivity contribution in [2.45, 2.75) is 26.4 Å². The third-order valence-electron chi connectivity index (χ3n) is 5.32. The van der Waals surface area contributed by atoms with Crippen molar-refractivity contribution >= 4 is 17.3 Å². The van der Waals surface area contributed by atoms with Gasteiger partial charge < -0.3 is 4.90 Å². The number of hydrogen-bond acceptors (Lipinski definition) is 2. The van der Waals surface area contributed by atoms with E-state index in [-0.39, 0.29) is 6.04 Å². The molecule has 0 saturated carbocycles. The van der Waals surface area contributed by atoms with Crippen LogP contribution in [0.25, 0.3) is 0 Å². The minimum atomic E-state index is -0.820. The Bertz CT molecular complexity index is 968. The van der Waals surface area contributed by atoms with Crippen molar-refractivity contribution in [1.82, 2.24) is 4.90 Å². The molecule has 5 heteroatoms. The van der Waals surface area contributed by atoms with Crippen LogP contribution in [0.1, 0.15) is 18.1 Å². The molecule has 158 valence electrons. The minimum Gasteiger partial charge on any atom is -0.361 e. The number of rotatable bonds is 6. The number of nitrogens with zero attached hydrogens (tertiary/aromatic N) is 2. The molecule has 3 rings (SSSR count). The molecule has 2 nitrogen and oxygen atoms in total. The van der Waals surface area contributed by atoms with Gasteiger partial charge in [0.2, 0.25) is 0 Å². The van der Waals surface area contributed by atoms with E-state index in [9.17, 15) is 8.78 Å². The average Bonchev–Trinajstić information content (AvgIpc) is 2.71. The molecule has 0 N–H and O–H groups in total. The smallest absolute Gasteiger partial charge is 0.159 e. The first-order valence-electron chi connectivity index (χ1n) is 10.1. The molecule has 2 aromatic carbocycles. The zero-order valence-electron chi connectivity index (χ0n) is 17.4. The molecule has 1 fully saturated rings. The van der Waals surface area contributed by atoms with Crippen LogP contribution in [0.4, 0.5) is 14.5 Å². The lowest BCUT2D eigenvalue weighted by Gasteiger charge is -2.44. The fraction of sp³-hybridized carbons (Fsp3) is 0.280. The number of hydrogen-bond donors (Lipinski definition) is 0. The molecule has 1 heterocycles. The van der Waals surface area contributed by atoms with E-state index in [1.54, 1.807) is 12.1 Å². The summed E-state index contributed by atoms with van der Waals surface area (Å²) >= 11 is 6.60. The lowest BCUT2D eigenvalue weighted by atomic mass is 9.99. The topological polar surface area (TPSA) is 6.48 Å². The molecule has 0 aliphatic carbocycles. The maximum Gasteiger partial charge on any atom is 0.159 e. The predicted octanol–water partition coefficient (Wildman–Crippen LogP) is 6.31. The summed E-state index contributed by atoms with van der Waals surface area (Å²) in [5, 5.41) is 0.729. The van der Waals surface area contributed by atoms with Gasteiger partial charge in [-0.1, -0.05) is 54.6 Å². The molecule has 0 radical (unpaired) electrons. The van der Waals surface area contributed by atoms with E-state index in [0.717, 1.165) is 47.0 Å². The van der Waals surface area contributed by atoms with Crippen LogP contribution in [0.3, 0.4) is 0 Å². The third-order valence-corrected chi connectivity index (χ3v) is 5.62. The van der Waals surface area contributed by atoms with Gasteiger partial charge in [-0.25, -0.2) is 8.78 Å². The highest BCUT2D eigenvalue weighted by molar-refractivity contribution is 6.33. The third kappa shape index (κ3) is 5.18. The van der Waals surface area contributed by atoms with Gasteiger partial charge in [0.1, 0.15) is 0 Å². The lowest BCUT2D eigenvalue weighted by molar-refractivity contribution is 0.227. The number of anilines is 1. The number of piperazine rings is 1. The van der Waals surface area contributed by atoms with E-state index < -0.39 is 11.6 Å². The summed E-state index contributed by atoms with van der Waals surface area (Å²) in [5.41, 5.74) is 4.00. The Morgan fingerprint density at radius 3 is 2.63 bits per heavy atom. The van der Waals surface area contributed by atoms with Crippen molar-refractivity contribution < 1.29 is 8.78 Å². The standard InChI is InChI=1S/C25H27ClF2N2/c1-4-6-20(7-5-2)25-17-29(16-19-9-10-22(27)23(28)15-19)12-13-30(25)24-11-8-18(3)14-21(24)26/h4-11,14-15,25H,1,12-13,16-17H2,2-3H3/b7-5-,20-6+. The molecule has 1 unspecified atom stereocenters. The van der Waals surface area contributed by atoms with Crippen LogP contribution in [-0.4, -0.2) is 30.6 Å². The van der Waals surface area contributed by atoms with Gasteiger partial charge in [-0.2, -0.15) is 0 Å². The molecule has 1 aliphatic heterocycles. The van der Waals surface area contributed by atoms with Crippen LogP contribution in [0.2, 0.25) is 5.02 Å². The van der Waals surface area contributed by atoms with Crippen LogP contribution in [-0.2, 0) is 6.54 Å². The summed E-state index contributed by atoms with van der Waals surface area (Å²) in [4.78, 5) is 4.58. The summed E-state index contributed by atoms with van der Waals surface area (Å²) in [6.07, 6.45) is 7.90. The Balaban J connectivity index is 1.90. The minimum absolute atomic E-state index is 0.0541. The highest BCUT2D eigenvalue weighted by Gasteiger charge is 2.30. The number of halogens is 3. The van der Waals surface area contributed by atoms with Crippen LogP contribution < -0.4 is 4.90 Å². The van der Waals surface area contributed by atoms with E-state index in [1.165, 1.54) is 12.1 Å². The maximum absolute atomic E-state index is 13.7. The monoisotopic (exact) mass is 428 g/mol. The van der Waals surface area contributed by atoms with Crippen LogP contribution in [0.5, 0.6) is 0 Å². The maximum atomic E-state index is 13.7. The van der Waals surface area contributed by atoms with Gasteiger partial charge in [0.05, 0.1) is 16.8 Å². The van der Waals surface area contributed by atoms with E-state index in [1.807, 2.05) is 32.1 Å². The van der Waals surface area contributed by atoms with Gasteiger partial charge in [-0.05, 0) is 54.8 Å². The molecule has 0 amide bonds. The fourth-order valence-electron chi connectivity index (χ4n) is 3.90. The zero-order chi connectivity index (χ0) is 21.7. The fourth-order valence-corrected chi connectivity index (χ4v) is 4.25. The van der Waals surface area contributed by atoms with Crippen molar-refractivity contribution in [2.75, 3.05) is 24.5 Å². The van der Waals surface area contributed by atoms with Crippen molar-refractivity contribution in [3.05, 3.63) is 101 Å². The van der Waals surface area contributed by atoms with E-state index >= 15 is 0 Å². The van der Waals surface area contributed by atoms with Crippen molar-refractivity contribution in [3.63, 3.8) is 0 Å². The summed E-state index contributed by atoms with van der Waals surface area (Å²) in [5.74, 6) is -1.63. The highest BCUT2D eigenvalue weighted by atomic mass is 35.5. The molecule has 30 heavy (non-hydrogen) atoms. The Morgan fingerprint density at radius 2 is 1.97 bits per heavy atom. The largest absolute Gasteiger partial charge is 0.361 e. The Hall–Kier alpha value is -2.43. The SMILES string of the molecule is C=C/C=C(\C=C/C)C1CN(Cc2ccc(F)c(F)c2)CCN1c1ccc(C)cc1Cl. The average molecular weight is 429 g/mol. The van der Waals surface area contributed by atoms with Gasteiger partial charge in [0, 0.05) is 26.2 Å². The molecular formula is C25H27ClF2N2. The van der Waals surface area contributed by atoms with Crippen molar-refractivity contribution in [2.24, 2.45) is 0 Å². The highest BCUT2D eigenvalue weighted by Crippen LogP contribution is 2.32. The summed E-state index contributed by atoms with van der Waals surface area (Å²) in [7, 11) is 0. The van der Waals surface area contributed by atoms with Gasteiger partial charge in [-0.15, -0.1) is 0 Å². The van der Waals surface area contributed by atoms with Gasteiger partial charge in [0.25, 0.3) is 0 Å². The lowest BCUT2D eigenvalue weighted by Crippen LogP contribution is -2.53. The Kier molecular flexibility index (Phi) is 7.46. The normalized spacial score (nSPS) is 18.2. The van der Waals surface area contributed by atoms with E-state index in [0.29, 0.717) is 6.54 Å². The van der Waals surface area contributed by atoms with E-state index in [2.05, 4.69) is 34.6 Å². The first kappa shape index (κ1) is 22.3. The molecule has 1 saturated heterocycles. The van der Waals surface area contributed by atoms with Crippen molar-refractivity contribution in [1.29, 1.82) is 0 Å². The first-order valence-corrected chi connectivity index (χ1v) is 10.4. The molecule has 0 aromatic heterocycles. The summed E-state index contributed by atoms with van der Waals surface area (Å²) < 4.78 is 26.9. The molecule has 2 aromatic rings. The predicted molar refractivity (Wildman–Crippen MR) is 122 cm³/mol. The number of benzene rings is 2. The summed E-state index contributed by atoms with van der Waals surface area (Å²) in [6, 6.07) is 10.3. The van der Waals surface area contributed by atoms with Crippen LogP contribution in [0, 0.1) is 18.6 Å². The second kappa shape index (κ2) is 10.1. The van der Waals surface area contributed by atoms with Gasteiger partial charge in [-0.3, -0.25) is 4.90 Å². The van der Waals surface area contributed by atoms with Gasteiger partial charge in [0.15, 0.2) is 11.6 Å². The number of aryl methyl sites for hydroxylation is 1. The zero-order valence-corrected chi connectivity index (χ0v) is 18.2. The molecule has 0 spiro atoms. The van der Waals surface area contributed by atoms with Gasteiger partial charge >= 0.3 is 0 Å². The molecule has 1 aliphatic rings. The van der Waals surface area contributed by atoms with Crippen LogP contribution in [0.15, 0.2) is 72.9 Å². The Labute approximate surface area is 182 Å². The molecule has 0 bridgehead atoms. The second-order valence-electron chi connectivity index (χ2n) is 7.55. The summed E-state index contributed by atoms with van der Waals surface area (Å²) in [6.45, 7) is 10.7.